The number of carbonyl (C=O) groups is 2. The molecule has 1 aliphatic carbocycles. The first-order chi connectivity index (χ1) is 12.7. The molecule has 2 aliphatic rings. The summed E-state index contributed by atoms with van der Waals surface area (Å²) < 4.78 is 0. The number of hydrogen-bond donors (Lipinski definition) is 2. The summed E-state index contributed by atoms with van der Waals surface area (Å²) >= 11 is 0. The minimum absolute atomic E-state index is 0.0293. The van der Waals surface area contributed by atoms with E-state index in [1.807, 2.05) is 27.7 Å². The summed E-state index contributed by atoms with van der Waals surface area (Å²) in [4.78, 5) is 34.2. The topological polar surface area (TPSA) is 87.2 Å². The number of nitrogens with zero attached hydrogens (tertiary/aromatic N) is 3. The fourth-order valence-electron chi connectivity index (χ4n) is 4.28. The summed E-state index contributed by atoms with van der Waals surface area (Å²) in [6.07, 6.45) is 3.97. The van der Waals surface area contributed by atoms with E-state index in [0.717, 1.165) is 48.5 Å². The monoisotopic (exact) mass is 373 g/mol. The lowest BCUT2D eigenvalue weighted by Gasteiger charge is -2.40. The van der Waals surface area contributed by atoms with Gasteiger partial charge in [-0.15, -0.1) is 0 Å². The molecule has 1 aromatic heterocycles. The average molecular weight is 374 g/mol. The zero-order valence-electron chi connectivity index (χ0n) is 17.1. The molecule has 0 radical (unpaired) electrons. The Hall–Kier alpha value is -2.02. The molecule has 0 aromatic carbocycles. The molecule has 2 N–H and O–H groups in total. The fourth-order valence-corrected chi connectivity index (χ4v) is 4.28. The summed E-state index contributed by atoms with van der Waals surface area (Å²) in [5.41, 5.74) is 6.16. The van der Waals surface area contributed by atoms with Gasteiger partial charge in [0.25, 0.3) is 0 Å². The van der Waals surface area contributed by atoms with E-state index in [4.69, 9.17) is 0 Å². The molecule has 2 amide bonds. The van der Waals surface area contributed by atoms with Gasteiger partial charge in [0.15, 0.2) is 0 Å². The van der Waals surface area contributed by atoms with Gasteiger partial charge < -0.3 is 5.32 Å². The van der Waals surface area contributed by atoms with Crippen LogP contribution in [0.2, 0.25) is 0 Å². The van der Waals surface area contributed by atoms with Crippen molar-refractivity contribution in [2.24, 2.45) is 5.92 Å². The average Bonchev–Trinajstić information content (AvgIpc) is 2.94. The molecule has 27 heavy (non-hydrogen) atoms. The van der Waals surface area contributed by atoms with Crippen molar-refractivity contribution in [3.63, 3.8) is 0 Å². The van der Waals surface area contributed by atoms with Gasteiger partial charge in [0.2, 0.25) is 11.8 Å². The second-order valence-corrected chi connectivity index (χ2v) is 8.20. The number of aromatic nitrogens is 2. The third kappa shape index (κ3) is 3.98. The first kappa shape index (κ1) is 19.7. The molecule has 1 saturated heterocycles. The fraction of sp³-hybridized carbons (Fsp3) is 0.700. The molecule has 0 bridgehead atoms. The van der Waals surface area contributed by atoms with Crippen LogP contribution in [0.5, 0.6) is 0 Å². The Morgan fingerprint density at radius 2 is 2.11 bits per heavy atom. The van der Waals surface area contributed by atoms with Gasteiger partial charge in [-0.2, -0.15) is 0 Å². The van der Waals surface area contributed by atoms with Crippen molar-refractivity contribution in [3.05, 3.63) is 22.8 Å². The predicted molar refractivity (Wildman–Crippen MR) is 103 cm³/mol. The van der Waals surface area contributed by atoms with Crippen LogP contribution >= 0.6 is 0 Å². The molecule has 7 heteroatoms. The molecule has 2 heterocycles. The van der Waals surface area contributed by atoms with E-state index in [1.54, 1.807) is 5.01 Å². The summed E-state index contributed by atoms with van der Waals surface area (Å²) in [5, 5.41) is 4.63. The van der Waals surface area contributed by atoms with Crippen molar-refractivity contribution in [1.82, 2.24) is 25.7 Å². The van der Waals surface area contributed by atoms with Gasteiger partial charge in [-0.1, -0.05) is 6.92 Å². The van der Waals surface area contributed by atoms with Crippen molar-refractivity contribution in [3.8, 4) is 0 Å². The molecule has 1 aliphatic heterocycles. The molecule has 3 rings (SSSR count). The van der Waals surface area contributed by atoms with Crippen LogP contribution in [0, 0.1) is 19.8 Å². The van der Waals surface area contributed by atoms with Crippen molar-refractivity contribution in [2.45, 2.75) is 78.3 Å². The second-order valence-electron chi connectivity index (χ2n) is 8.20. The summed E-state index contributed by atoms with van der Waals surface area (Å²) in [6, 6.07) is 0.125. The third-order valence-electron chi connectivity index (χ3n) is 5.80. The maximum absolute atomic E-state index is 12.6. The number of hydrazine groups is 1. The first-order valence-electron chi connectivity index (χ1n) is 9.96. The summed E-state index contributed by atoms with van der Waals surface area (Å²) in [6.45, 7) is 10.4. The van der Waals surface area contributed by atoms with Crippen molar-refractivity contribution < 1.29 is 9.59 Å². The first-order valence-corrected chi connectivity index (χ1v) is 9.96. The molecule has 3 atom stereocenters. The number of nitrogens with one attached hydrogen (secondary N) is 2. The van der Waals surface area contributed by atoms with Crippen LogP contribution in [0.25, 0.3) is 0 Å². The number of aryl methyl sites for hydroxylation is 3. The Morgan fingerprint density at radius 1 is 1.37 bits per heavy atom. The lowest BCUT2D eigenvalue weighted by molar-refractivity contribution is -0.132. The molecule has 7 nitrogen and oxygen atoms in total. The highest BCUT2D eigenvalue weighted by molar-refractivity contribution is 5.89. The van der Waals surface area contributed by atoms with Crippen LogP contribution in [-0.2, 0) is 21.5 Å². The van der Waals surface area contributed by atoms with Gasteiger partial charge >= 0.3 is 0 Å². The van der Waals surface area contributed by atoms with Crippen molar-refractivity contribution in [2.75, 3.05) is 6.54 Å². The van der Waals surface area contributed by atoms with Crippen LogP contribution < -0.4 is 10.7 Å². The van der Waals surface area contributed by atoms with Crippen LogP contribution in [-0.4, -0.2) is 39.4 Å². The maximum atomic E-state index is 12.6. The standard InChI is InChI=1S/C20H31N5O2/c1-6-12(2)21-19(27)15-10-17(26)25(11-15)24-20(5)9-7-8-16-18(20)13(3)22-14(4)23-16/h12,15,24H,6-11H2,1-5H3,(H,21,27). The molecule has 0 saturated carbocycles. The van der Waals surface area contributed by atoms with Gasteiger partial charge in [0, 0.05) is 36.0 Å². The number of rotatable bonds is 5. The zero-order valence-corrected chi connectivity index (χ0v) is 17.1. The Kier molecular flexibility index (Phi) is 5.51. The Balaban J connectivity index is 1.76. The summed E-state index contributed by atoms with van der Waals surface area (Å²) in [5.74, 6) is 0.417. The van der Waals surface area contributed by atoms with Crippen molar-refractivity contribution >= 4 is 11.8 Å². The van der Waals surface area contributed by atoms with Crippen LogP contribution in [0.15, 0.2) is 0 Å². The molecule has 148 valence electrons. The van der Waals surface area contributed by atoms with Gasteiger partial charge in [-0.05, 0) is 53.4 Å². The molecule has 1 aromatic rings. The van der Waals surface area contributed by atoms with E-state index >= 15 is 0 Å². The lowest BCUT2D eigenvalue weighted by atomic mass is 9.79. The number of amides is 2. The van der Waals surface area contributed by atoms with E-state index < -0.39 is 5.54 Å². The molecular weight excluding hydrogens is 342 g/mol. The number of carbonyl (C=O) groups excluding carboxylic acids is 2. The SMILES string of the molecule is CCC(C)NC(=O)C1CC(=O)N(NC2(C)CCCc3nc(C)nc(C)c32)C1. The van der Waals surface area contributed by atoms with Crippen LogP contribution in [0.3, 0.4) is 0 Å². The van der Waals surface area contributed by atoms with E-state index in [-0.39, 0.29) is 30.2 Å². The second kappa shape index (κ2) is 7.54. The van der Waals surface area contributed by atoms with E-state index in [0.29, 0.717) is 6.54 Å². The molecule has 3 unspecified atom stereocenters. The smallest absolute Gasteiger partial charge is 0.237 e. The minimum Gasteiger partial charge on any atom is -0.353 e. The predicted octanol–water partition coefficient (Wildman–Crippen LogP) is 1.91. The van der Waals surface area contributed by atoms with Gasteiger partial charge in [0.05, 0.1) is 11.5 Å². The maximum Gasteiger partial charge on any atom is 0.237 e. The highest BCUT2D eigenvalue weighted by atomic mass is 16.2. The molecule has 0 spiro atoms. The Morgan fingerprint density at radius 3 is 2.81 bits per heavy atom. The highest BCUT2D eigenvalue weighted by Gasteiger charge is 2.41. The quantitative estimate of drug-likeness (QED) is 0.823. The van der Waals surface area contributed by atoms with Crippen LogP contribution in [0.4, 0.5) is 0 Å². The Labute approximate surface area is 161 Å². The van der Waals surface area contributed by atoms with Crippen LogP contribution in [0.1, 0.15) is 69.2 Å². The molecular formula is C20H31N5O2. The van der Waals surface area contributed by atoms with Gasteiger partial charge in [-0.25, -0.2) is 15.4 Å². The lowest BCUT2D eigenvalue weighted by Crippen LogP contribution is -2.53. The van der Waals surface area contributed by atoms with Gasteiger partial charge in [-0.3, -0.25) is 14.6 Å². The largest absolute Gasteiger partial charge is 0.353 e. The third-order valence-corrected chi connectivity index (χ3v) is 5.80. The van der Waals surface area contributed by atoms with Crippen molar-refractivity contribution in [1.29, 1.82) is 0 Å². The minimum atomic E-state index is -0.400. The number of hydrogen-bond acceptors (Lipinski definition) is 5. The van der Waals surface area contributed by atoms with Gasteiger partial charge in [0.1, 0.15) is 5.82 Å². The van der Waals surface area contributed by atoms with E-state index in [2.05, 4.69) is 27.6 Å². The highest BCUT2D eigenvalue weighted by Crippen LogP contribution is 2.36. The normalized spacial score (nSPS) is 26.0. The van der Waals surface area contributed by atoms with E-state index in [1.165, 1.54) is 0 Å². The number of fused-ring (bicyclic) bond motifs is 1. The van der Waals surface area contributed by atoms with E-state index in [9.17, 15) is 9.59 Å². The summed E-state index contributed by atoms with van der Waals surface area (Å²) in [7, 11) is 0. The zero-order chi connectivity index (χ0) is 19.8. The molecule has 1 fully saturated rings. The Bertz CT molecular complexity index is 750.